The summed E-state index contributed by atoms with van der Waals surface area (Å²) in [6.07, 6.45) is 0. The molecule has 3 aromatic rings. The Balaban J connectivity index is 1.66. The average Bonchev–Trinajstić information content (AvgIpc) is 2.67. The van der Waals surface area contributed by atoms with Crippen LogP contribution >= 0.6 is 23.2 Å². The molecule has 0 spiro atoms. The van der Waals surface area contributed by atoms with Gasteiger partial charge < -0.3 is 8.92 Å². The molecular weight excluding hydrogens is 433 g/mol. The first-order valence-corrected chi connectivity index (χ1v) is 10.4. The van der Waals surface area contributed by atoms with E-state index in [2.05, 4.69) is 0 Å². The van der Waals surface area contributed by atoms with Crippen molar-refractivity contribution >= 4 is 46.1 Å². The third-order valence-corrected chi connectivity index (χ3v) is 5.86. The molecule has 1 aliphatic rings. The Labute approximate surface area is 180 Å². The van der Waals surface area contributed by atoms with Crippen LogP contribution in [0.15, 0.2) is 54.6 Å². The van der Waals surface area contributed by atoms with Crippen molar-refractivity contribution in [3.63, 3.8) is 0 Å². The molecule has 4 rings (SSSR count). The minimum Gasteiger partial charge on any atom is -0.456 e. The predicted octanol–water partition coefficient (Wildman–Crippen LogP) is 6.02. The van der Waals surface area contributed by atoms with E-state index < -0.39 is 17.2 Å². The Morgan fingerprint density at radius 2 is 1.72 bits per heavy atom. The number of hydrogen-bond donors (Lipinski definition) is 0. The number of anilines is 1. The van der Waals surface area contributed by atoms with Gasteiger partial charge in [0.05, 0.1) is 16.3 Å². The van der Waals surface area contributed by atoms with Gasteiger partial charge in [0.1, 0.15) is 11.5 Å². The Morgan fingerprint density at radius 3 is 2.41 bits per heavy atom. The highest BCUT2D eigenvalue weighted by Gasteiger charge is 2.35. The molecule has 3 aromatic carbocycles. The van der Waals surface area contributed by atoms with Crippen molar-refractivity contribution < 1.29 is 17.9 Å². The Bertz CT molecular complexity index is 1150. The fraction of sp³-hybridized carbons (Fsp3) is 0.0952. The maximum absolute atomic E-state index is 13.0. The second-order valence-electron chi connectivity index (χ2n) is 6.53. The van der Waals surface area contributed by atoms with Crippen molar-refractivity contribution in [1.82, 2.24) is 0 Å². The van der Waals surface area contributed by atoms with Crippen molar-refractivity contribution in [3.8, 4) is 17.2 Å². The summed E-state index contributed by atoms with van der Waals surface area (Å²) in [6.45, 7) is 3.70. The monoisotopic (exact) mass is 447 g/mol. The Morgan fingerprint density at radius 1 is 1.00 bits per heavy atom. The summed E-state index contributed by atoms with van der Waals surface area (Å²) >= 11 is 10.2. The Kier molecular flexibility index (Phi) is 5.25. The summed E-state index contributed by atoms with van der Waals surface area (Å²) in [5.74, 6) is 0.869. The number of amides is 1. The third-order valence-electron chi connectivity index (χ3n) is 4.33. The molecule has 0 bridgehead atoms. The molecule has 0 fully saturated rings. The van der Waals surface area contributed by atoms with Gasteiger partial charge in [-0.25, -0.2) is 0 Å². The van der Waals surface area contributed by atoms with Gasteiger partial charge >= 0.3 is 11.3 Å². The lowest BCUT2D eigenvalue weighted by Crippen LogP contribution is -2.39. The van der Waals surface area contributed by atoms with E-state index in [1.54, 1.807) is 42.5 Å². The van der Waals surface area contributed by atoms with E-state index in [4.69, 9.17) is 32.1 Å². The van der Waals surface area contributed by atoms with Crippen molar-refractivity contribution in [2.24, 2.45) is 0 Å². The number of fused-ring (bicyclic) bond motifs is 1. The van der Waals surface area contributed by atoms with E-state index in [9.17, 15) is 9.00 Å². The summed E-state index contributed by atoms with van der Waals surface area (Å²) in [5, 5.41) is 0.851. The number of aryl methyl sites for hydroxylation is 2. The minimum atomic E-state index is -2.02. The van der Waals surface area contributed by atoms with Gasteiger partial charge in [-0.1, -0.05) is 29.3 Å². The van der Waals surface area contributed by atoms with Crippen LogP contribution in [0.5, 0.6) is 17.2 Å². The molecule has 0 aliphatic carbocycles. The van der Waals surface area contributed by atoms with Gasteiger partial charge in [-0.05, 0) is 73.5 Å². The lowest BCUT2D eigenvalue weighted by atomic mass is 10.0. The molecule has 0 N–H and O–H groups in total. The van der Waals surface area contributed by atoms with Crippen molar-refractivity contribution in [1.29, 1.82) is 0 Å². The average molecular weight is 448 g/mol. The van der Waals surface area contributed by atoms with Crippen LogP contribution in [0.2, 0.25) is 10.0 Å². The SMILES string of the molecule is Cc1cc(C)c2c(c1)C(=O)N(c1ccc(Oc3ccc(Cl)cc3)c(Cl)c1)S(=O)O2. The van der Waals surface area contributed by atoms with Crippen LogP contribution < -0.4 is 13.2 Å². The number of carbonyl (C=O) groups is 1. The van der Waals surface area contributed by atoms with Crippen LogP contribution in [0, 0.1) is 13.8 Å². The number of halogens is 2. The summed E-state index contributed by atoms with van der Waals surface area (Å²) in [4.78, 5) is 13.0. The molecule has 1 heterocycles. The van der Waals surface area contributed by atoms with Crippen LogP contribution in [0.3, 0.4) is 0 Å². The lowest BCUT2D eigenvalue weighted by Gasteiger charge is -2.27. The van der Waals surface area contributed by atoms with Gasteiger partial charge in [0.25, 0.3) is 5.91 Å². The van der Waals surface area contributed by atoms with Gasteiger partial charge in [-0.15, -0.1) is 0 Å². The quantitative estimate of drug-likeness (QED) is 0.492. The van der Waals surface area contributed by atoms with Crippen molar-refractivity contribution in [2.75, 3.05) is 4.31 Å². The molecule has 1 amide bonds. The van der Waals surface area contributed by atoms with Crippen LogP contribution in [-0.4, -0.2) is 10.1 Å². The lowest BCUT2D eigenvalue weighted by molar-refractivity contribution is 0.0998. The molecule has 0 saturated heterocycles. The largest absolute Gasteiger partial charge is 0.456 e. The maximum atomic E-state index is 13.0. The minimum absolute atomic E-state index is 0.258. The molecule has 0 saturated carbocycles. The molecule has 0 aromatic heterocycles. The summed E-state index contributed by atoms with van der Waals surface area (Å²) in [5.41, 5.74) is 2.37. The highest BCUT2D eigenvalue weighted by Crippen LogP contribution is 2.38. The van der Waals surface area contributed by atoms with Crippen LogP contribution in [-0.2, 0) is 11.3 Å². The predicted molar refractivity (Wildman–Crippen MR) is 114 cm³/mol. The normalized spacial score (nSPS) is 15.7. The van der Waals surface area contributed by atoms with Gasteiger partial charge in [0.2, 0.25) is 0 Å². The summed E-state index contributed by atoms with van der Waals surface area (Å²) in [7, 11) is 0. The molecule has 148 valence electrons. The van der Waals surface area contributed by atoms with Crippen LogP contribution in [0.1, 0.15) is 21.5 Å². The van der Waals surface area contributed by atoms with E-state index in [-0.39, 0.29) is 5.02 Å². The second kappa shape index (κ2) is 7.71. The van der Waals surface area contributed by atoms with E-state index in [1.165, 1.54) is 6.07 Å². The fourth-order valence-corrected chi connectivity index (χ4v) is 4.34. The molecule has 1 aliphatic heterocycles. The standard InChI is InChI=1S/C21H15Cl2NO4S/c1-12-9-13(2)20-17(10-12)21(25)24(29(26)28-20)15-5-8-19(18(23)11-15)27-16-6-3-14(22)4-7-16/h3-11H,1-2H3. The first kappa shape index (κ1) is 19.8. The zero-order valence-electron chi connectivity index (χ0n) is 15.4. The summed E-state index contributed by atoms with van der Waals surface area (Å²) < 4.78 is 25.0. The van der Waals surface area contributed by atoms with Gasteiger partial charge in [-0.3, -0.25) is 4.79 Å². The molecule has 8 heteroatoms. The van der Waals surface area contributed by atoms with Crippen LogP contribution in [0.4, 0.5) is 5.69 Å². The number of ether oxygens (including phenoxy) is 1. The number of rotatable bonds is 3. The van der Waals surface area contributed by atoms with Crippen LogP contribution in [0.25, 0.3) is 0 Å². The zero-order chi connectivity index (χ0) is 20.7. The molecule has 29 heavy (non-hydrogen) atoms. The second-order valence-corrected chi connectivity index (χ2v) is 8.34. The molecular formula is C21H15Cl2NO4S. The van der Waals surface area contributed by atoms with E-state index >= 15 is 0 Å². The molecule has 1 atom stereocenters. The van der Waals surface area contributed by atoms with Crippen molar-refractivity contribution in [2.45, 2.75) is 13.8 Å². The highest BCUT2D eigenvalue weighted by atomic mass is 35.5. The van der Waals surface area contributed by atoms with E-state index in [0.29, 0.717) is 33.5 Å². The number of nitrogens with zero attached hydrogens (tertiary/aromatic N) is 1. The fourth-order valence-electron chi connectivity index (χ4n) is 3.04. The topological polar surface area (TPSA) is 55.8 Å². The number of benzene rings is 3. The molecule has 1 unspecified atom stereocenters. The Hall–Kier alpha value is -2.54. The smallest absolute Gasteiger partial charge is 0.326 e. The van der Waals surface area contributed by atoms with Gasteiger partial charge in [0.15, 0.2) is 5.75 Å². The van der Waals surface area contributed by atoms with E-state index in [1.807, 2.05) is 19.9 Å². The van der Waals surface area contributed by atoms with Crippen molar-refractivity contribution in [3.05, 3.63) is 81.3 Å². The third kappa shape index (κ3) is 3.83. The molecule has 5 nitrogen and oxygen atoms in total. The maximum Gasteiger partial charge on any atom is 0.326 e. The number of carbonyl (C=O) groups excluding carboxylic acids is 1. The summed E-state index contributed by atoms with van der Waals surface area (Å²) in [6, 6.07) is 15.1. The first-order valence-electron chi connectivity index (χ1n) is 8.62. The van der Waals surface area contributed by atoms with Gasteiger partial charge in [-0.2, -0.15) is 8.51 Å². The number of hydrogen-bond acceptors (Lipinski definition) is 4. The highest BCUT2D eigenvalue weighted by molar-refractivity contribution is 7.83. The first-order chi connectivity index (χ1) is 13.8. The van der Waals surface area contributed by atoms with Gasteiger partial charge in [0, 0.05) is 5.02 Å². The zero-order valence-corrected chi connectivity index (χ0v) is 17.8. The molecule has 0 radical (unpaired) electrons. The van der Waals surface area contributed by atoms with E-state index in [0.717, 1.165) is 15.4 Å².